The van der Waals surface area contributed by atoms with Crippen molar-refractivity contribution in [2.45, 2.75) is 18.6 Å². The summed E-state index contributed by atoms with van der Waals surface area (Å²) in [7, 11) is -3.55. The van der Waals surface area contributed by atoms with Gasteiger partial charge in [-0.1, -0.05) is 22.8 Å². The highest BCUT2D eigenvalue weighted by Crippen LogP contribution is 2.43. The number of aromatic nitrogens is 1. The number of hydrogen-bond donors (Lipinski definition) is 1. The number of nitrogens with two attached hydrogens (primary N) is 1. The van der Waals surface area contributed by atoms with Crippen LogP contribution in [0, 0.1) is 5.82 Å². The van der Waals surface area contributed by atoms with Gasteiger partial charge in [0, 0.05) is 11.8 Å². The molecule has 0 radical (unpaired) electrons. The molecule has 2 N–H and O–H groups in total. The lowest BCUT2D eigenvalue weighted by atomic mass is 9.99. The molecule has 0 saturated carbocycles. The first-order valence-electron chi connectivity index (χ1n) is 5.97. The molecule has 1 aromatic carbocycles. The summed E-state index contributed by atoms with van der Waals surface area (Å²) < 4.78 is 41.7. The summed E-state index contributed by atoms with van der Waals surface area (Å²) in [4.78, 5) is 0. The molecule has 0 atom stereocenters. The maximum absolute atomic E-state index is 14.1. The summed E-state index contributed by atoms with van der Waals surface area (Å²) in [6.45, 7) is 2.86. The molecule has 0 aliphatic rings. The average molecular weight is 333 g/mol. The fourth-order valence-corrected chi connectivity index (χ4v) is 2.59. The summed E-state index contributed by atoms with van der Waals surface area (Å²) in [5.74, 6) is -0.800. The Labute approximate surface area is 126 Å². The minimum absolute atomic E-state index is 0.0235. The van der Waals surface area contributed by atoms with Gasteiger partial charge in [-0.2, -0.15) is 0 Å². The summed E-state index contributed by atoms with van der Waals surface area (Å²) >= 11 is 6.01. The first kappa shape index (κ1) is 15.8. The van der Waals surface area contributed by atoms with Crippen LogP contribution in [0.15, 0.2) is 22.7 Å². The van der Waals surface area contributed by atoms with Gasteiger partial charge in [-0.15, -0.1) is 0 Å². The van der Waals surface area contributed by atoms with E-state index in [9.17, 15) is 12.8 Å². The van der Waals surface area contributed by atoms with Crippen molar-refractivity contribution in [3.05, 3.63) is 34.8 Å². The van der Waals surface area contributed by atoms with Crippen LogP contribution in [0.3, 0.4) is 0 Å². The topological polar surface area (TPSA) is 86.2 Å². The van der Waals surface area contributed by atoms with Crippen molar-refractivity contribution in [3.8, 4) is 11.1 Å². The number of rotatable bonds is 3. The molecule has 21 heavy (non-hydrogen) atoms. The molecular weight excluding hydrogens is 319 g/mol. The molecule has 1 aromatic heterocycles. The van der Waals surface area contributed by atoms with Crippen molar-refractivity contribution in [2.75, 3.05) is 12.0 Å². The number of anilines is 1. The van der Waals surface area contributed by atoms with E-state index in [1.54, 1.807) is 0 Å². The minimum atomic E-state index is -3.55. The van der Waals surface area contributed by atoms with Crippen LogP contribution >= 0.6 is 11.6 Å². The second-order valence-corrected chi connectivity index (χ2v) is 8.12. The molecule has 0 aliphatic heterocycles. The number of hydrogen-bond acceptors (Lipinski definition) is 5. The number of sulfone groups is 1. The van der Waals surface area contributed by atoms with Gasteiger partial charge in [-0.3, -0.25) is 0 Å². The summed E-state index contributed by atoms with van der Waals surface area (Å²) in [6.07, 6.45) is 1.05. The fraction of sp³-hybridized carbons (Fsp3) is 0.308. The van der Waals surface area contributed by atoms with Crippen molar-refractivity contribution in [3.63, 3.8) is 0 Å². The van der Waals surface area contributed by atoms with Crippen LogP contribution in [0.25, 0.3) is 11.1 Å². The molecule has 0 saturated heterocycles. The van der Waals surface area contributed by atoms with Crippen molar-refractivity contribution in [2.24, 2.45) is 0 Å². The monoisotopic (exact) mass is 332 g/mol. The molecule has 0 bridgehead atoms. The zero-order chi connectivity index (χ0) is 16.0. The van der Waals surface area contributed by atoms with Gasteiger partial charge in [-0.05, 0) is 26.0 Å². The van der Waals surface area contributed by atoms with Gasteiger partial charge in [0.1, 0.15) is 10.6 Å². The Morgan fingerprint density at radius 2 is 1.95 bits per heavy atom. The normalized spacial score (nSPS) is 12.6. The maximum Gasteiger partial charge on any atom is 0.175 e. The Morgan fingerprint density at radius 1 is 1.33 bits per heavy atom. The standard InChI is InChI=1S/C13H14ClFN2O3S/c1-13(2,21(3,18)19)11-10(12(16)17-20-11)9-7(14)5-4-6-8(9)15/h4-6H,1-3H3,(H2,16,17). The molecular formula is C13H14ClFN2O3S. The quantitative estimate of drug-likeness (QED) is 0.933. The lowest BCUT2D eigenvalue weighted by Gasteiger charge is -2.20. The number of halogens is 2. The maximum atomic E-state index is 14.1. The Kier molecular flexibility index (Phi) is 3.75. The van der Waals surface area contributed by atoms with Gasteiger partial charge in [0.15, 0.2) is 21.4 Å². The zero-order valence-corrected chi connectivity index (χ0v) is 13.2. The predicted molar refractivity (Wildman–Crippen MR) is 79.2 cm³/mol. The molecule has 5 nitrogen and oxygen atoms in total. The molecule has 0 amide bonds. The van der Waals surface area contributed by atoms with Gasteiger partial charge in [-0.25, -0.2) is 12.8 Å². The Hall–Kier alpha value is -1.60. The van der Waals surface area contributed by atoms with Gasteiger partial charge in [0.2, 0.25) is 0 Å². The van der Waals surface area contributed by atoms with E-state index in [-0.39, 0.29) is 27.7 Å². The van der Waals surface area contributed by atoms with Crippen molar-refractivity contribution >= 4 is 27.3 Å². The van der Waals surface area contributed by atoms with Crippen molar-refractivity contribution in [1.29, 1.82) is 0 Å². The second-order valence-electron chi connectivity index (χ2n) is 5.15. The summed E-state index contributed by atoms with van der Waals surface area (Å²) in [5, 5.41) is 3.66. The molecule has 0 unspecified atom stereocenters. The van der Waals surface area contributed by atoms with Gasteiger partial charge in [0.05, 0.1) is 10.6 Å². The minimum Gasteiger partial charge on any atom is -0.380 e. The highest BCUT2D eigenvalue weighted by Gasteiger charge is 2.40. The lowest BCUT2D eigenvalue weighted by Crippen LogP contribution is -2.28. The molecule has 0 fully saturated rings. The Bertz CT molecular complexity index is 779. The van der Waals surface area contributed by atoms with Crippen molar-refractivity contribution in [1.82, 2.24) is 5.16 Å². The van der Waals surface area contributed by atoms with E-state index < -0.39 is 20.4 Å². The Morgan fingerprint density at radius 3 is 2.48 bits per heavy atom. The van der Waals surface area contributed by atoms with E-state index in [1.165, 1.54) is 32.0 Å². The molecule has 0 aliphatic carbocycles. The van der Waals surface area contributed by atoms with E-state index in [0.29, 0.717) is 0 Å². The summed E-state index contributed by atoms with van der Waals surface area (Å²) in [5.41, 5.74) is 5.77. The van der Waals surface area contributed by atoms with Gasteiger partial charge < -0.3 is 10.3 Å². The van der Waals surface area contributed by atoms with E-state index in [2.05, 4.69) is 5.16 Å². The van der Waals surface area contributed by atoms with Crippen LogP contribution in [-0.2, 0) is 14.6 Å². The van der Waals surface area contributed by atoms with E-state index in [1.807, 2.05) is 0 Å². The number of nitrogens with zero attached hydrogens (tertiary/aromatic N) is 1. The highest BCUT2D eigenvalue weighted by atomic mass is 35.5. The van der Waals surface area contributed by atoms with Crippen molar-refractivity contribution < 1.29 is 17.3 Å². The van der Waals surface area contributed by atoms with Crippen LogP contribution in [0.5, 0.6) is 0 Å². The zero-order valence-electron chi connectivity index (χ0n) is 11.6. The van der Waals surface area contributed by atoms with Crippen LogP contribution in [0.2, 0.25) is 5.02 Å². The molecule has 114 valence electrons. The van der Waals surface area contributed by atoms with Crippen LogP contribution in [0.4, 0.5) is 10.2 Å². The highest BCUT2D eigenvalue weighted by molar-refractivity contribution is 7.91. The smallest absolute Gasteiger partial charge is 0.175 e. The third-order valence-electron chi connectivity index (χ3n) is 3.41. The van der Waals surface area contributed by atoms with E-state index >= 15 is 0 Å². The van der Waals surface area contributed by atoms with E-state index in [0.717, 1.165) is 6.26 Å². The summed E-state index contributed by atoms with van der Waals surface area (Å²) in [6, 6.07) is 4.11. The third kappa shape index (κ3) is 2.51. The number of benzene rings is 1. The van der Waals surface area contributed by atoms with Crippen LogP contribution in [0.1, 0.15) is 19.6 Å². The number of nitrogen functional groups attached to an aromatic ring is 1. The SMILES string of the molecule is CC(C)(c1onc(N)c1-c1c(F)cccc1Cl)S(C)(=O)=O. The Balaban J connectivity index is 2.82. The largest absolute Gasteiger partial charge is 0.380 e. The molecule has 0 spiro atoms. The second kappa shape index (κ2) is 4.99. The first-order valence-corrected chi connectivity index (χ1v) is 8.24. The van der Waals surface area contributed by atoms with Gasteiger partial charge in [0.25, 0.3) is 0 Å². The first-order chi connectivity index (χ1) is 9.57. The third-order valence-corrected chi connectivity index (χ3v) is 5.76. The molecule has 2 rings (SSSR count). The molecule has 1 heterocycles. The van der Waals surface area contributed by atoms with Gasteiger partial charge >= 0.3 is 0 Å². The molecule has 8 heteroatoms. The van der Waals surface area contributed by atoms with Crippen LogP contribution in [-0.4, -0.2) is 19.8 Å². The molecule has 2 aromatic rings. The lowest BCUT2D eigenvalue weighted by molar-refractivity contribution is 0.357. The average Bonchev–Trinajstić information content (AvgIpc) is 2.70. The predicted octanol–water partition coefficient (Wildman–Crippen LogP) is 3.00. The fourth-order valence-electron chi connectivity index (χ4n) is 1.86. The van der Waals surface area contributed by atoms with Crippen LogP contribution < -0.4 is 5.73 Å². The van der Waals surface area contributed by atoms with E-state index in [4.69, 9.17) is 21.9 Å².